The Morgan fingerprint density at radius 3 is 2.71 bits per heavy atom. The number of carbonyl (C=O) groups excluding carboxylic acids is 1. The van der Waals surface area contributed by atoms with Gasteiger partial charge in [0.25, 0.3) is 0 Å². The summed E-state index contributed by atoms with van der Waals surface area (Å²) in [6.07, 6.45) is 4.37. The Labute approximate surface area is 142 Å². The smallest absolute Gasteiger partial charge is 0.238 e. The molecule has 2 saturated heterocycles. The molecule has 1 amide bonds. The SMILES string of the molecule is O=C(CN1CCCC1CN1CCCC1CO)Nc1cccc(F)c1. The van der Waals surface area contributed by atoms with Gasteiger partial charge in [0.2, 0.25) is 5.91 Å². The first-order valence-electron chi connectivity index (χ1n) is 8.80. The van der Waals surface area contributed by atoms with E-state index in [-0.39, 0.29) is 24.4 Å². The van der Waals surface area contributed by atoms with E-state index in [0.29, 0.717) is 18.3 Å². The molecule has 3 rings (SSSR count). The van der Waals surface area contributed by atoms with E-state index in [0.717, 1.165) is 45.3 Å². The fraction of sp³-hybridized carbons (Fsp3) is 0.611. The summed E-state index contributed by atoms with van der Waals surface area (Å²) in [5.74, 6) is -0.455. The molecule has 2 N–H and O–H groups in total. The Balaban J connectivity index is 1.52. The predicted octanol–water partition coefficient (Wildman–Crippen LogP) is 1.69. The van der Waals surface area contributed by atoms with E-state index in [1.165, 1.54) is 12.1 Å². The highest BCUT2D eigenvalue weighted by Crippen LogP contribution is 2.23. The van der Waals surface area contributed by atoms with Crippen LogP contribution in [0.1, 0.15) is 25.7 Å². The zero-order valence-electron chi connectivity index (χ0n) is 14.0. The van der Waals surface area contributed by atoms with Crippen LogP contribution >= 0.6 is 0 Å². The predicted molar refractivity (Wildman–Crippen MR) is 91.3 cm³/mol. The molecule has 0 spiro atoms. The first-order chi connectivity index (χ1) is 11.7. The summed E-state index contributed by atoms with van der Waals surface area (Å²) >= 11 is 0. The standard InChI is InChI=1S/C18H26FN3O2/c19-14-4-1-5-15(10-14)20-18(24)12-22-9-2-6-16(22)11-21-8-3-7-17(21)13-23/h1,4-5,10,16-17,23H,2-3,6-9,11-13H2,(H,20,24). The fourth-order valence-electron chi connectivity index (χ4n) is 3.87. The Morgan fingerprint density at radius 1 is 1.21 bits per heavy atom. The van der Waals surface area contributed by atoms with Gasteiger partial charge < -0.3 is 10.4 Å². The number of likely N-dealkylation sites (tertiary alicyclic amines) is 2. The summed E-state index contributed by atoms with van der Waals surface area (Å²) in [4.78, 5) is 16.8. The average molecular weight is 335 g/mol. The molecule has 2 heterocycles. The maximum absolute atomic E-state index is 13.2. The maximum atomic E-state index is 13.2. The monoisotopic (exact) mass is 335 g/mol. The van der Waals surface area contributed by atoms with Crippen LogP contribution in [0.5, 0.6) is 0 Å². The number of hydrogen-bond donors (Lipinski definition) is 2. The number of nitrogens with one attached hydrogen (secondary N) is 1. The molecule has 5 nitrogen and oxygen atoms in total. The molecule has 0 aromatic heterocycles. The lowest BCUT2D eigenvalue weighted by atomic mass is 10.2. The van der Waals surface area contributed by atoms with Crippen LogP contribution in [0, 0.1) is 5.82 Å². The number of halogens is 1. The van der Waals surface area contributed by atoms with Crippen LogP contribution in [-0.2, 0) is 4.79 Å². The molecule has 1 aromatic rings. The molecule has 2 aliphatic rings. The number of nitrogens with zero attached hydrogens (tertiary/aromatic N) is 2. The first-order valence-corrected chi connectivity index (χ1v) is 8.80. The van der Waals surface area contributed by atoms with Crippen molar-refractivity contribution in [2.24, 2.45) is 0 Å². The molecule has 0 aliphatic carbocycles. The molecule has 2 fully saturated rings. The van der Waals surface area contributed by atoms with E-state index in [9.17, 15) is 14.3 Å². The fourth-order valence-corrected chi connectivity index (χ4v) is 3.87. The molecule has 6 heteroatoms. The Bertz CT molecular complexity index is 569. The topological polar surface area (TPSA) is 55.8 Å². The van der Waals surface area contributed by atoms with Gasteiger partial charge in [-0.3, -0.25) is 14.6 Å². The van der Waals surface area contributed by atoms with Crippen LogP contribution in [0.25, 0.3) is 0 Å². The Hall–Kier alpha value is -1.50. The van der Waals surface area contributed by atoms with Gasteiger partial charge in [0.15, 0.2) is 0 Å². The number of rotatable bonds is 6. The van der Waals surface area contributed by atoms with Crippen LogP contribution in [0.2, 0.25) is 0 Å². The highest BCUT2D eigenvalue weighted by atomic mass is 19.1. The second-order valence-electron chi connectivity index (χ2n) is 6.80. The van der Waals surface area contributed by atoms with Crippen molar-refractivity contribution in [3.8, 4) is 0 Å². The third-order valence-corrected chi connectivity index (χ3v) is 5.11. The highest BCUT2D eigenvalue weighted by Gasteiger charge is 2.31. The molecule has 2 atom stereocenters. The van der Waals surface area contributed by atoms with Gasteiger partial charge in [-0.15, -0.1) is 0 Å². The lowest BCUT2D eigenvalue weighted by Gasteiger charge is -2.30. The largest absolute Gasteiger partial charge is 0.395 e. The van der Waals surface area contributed by atoms with Gasteiger partial charge in [0.1, 0.15) is 5.82 Å². The van der Waals surface area contributed by atoms with Crippen molar-refractivity contribution in [3.05, 3.63) is 30.1 Å². The van der Waals surface area contributed by atoms with Gasteiger partial charge >= 0.3 is 0 Å². The number of aliphatic hydroxyl groups excluding tert-OH is 1. The zero-order chi connectivity index (χ0) is 16.9. The van der Waals surface area contributed by atoms with Gasteiger partial charge in [-0.2, -0.15) is 0 Å². The van der Waals surface area contributed by atoms with Crippen molar-refractivity contribution in [1.82, 2.24) is 9.80 Å². The minimum atomic E-state index is -0.351. The molecule has 0 bridgehead atoms. The number of amides is 1. The van der Waals surface area contributed by atoms with Crippen molar-refractivity contribution in [2.75, 3.05) is 38.1 Å². The molecule has 0 radical (unpaired) electrons. The van der Waals surface area contributed by atoms with E-state index in [2.05, 4.69) is 15.1 Å². The van der Waals surface area contributed by atoms with E-state index in [4.69, 9.17) is 0 Å². The van der Waals surface area contributed by atoms with Crippen LogP contribution in [-0.4, -0.2) is 65.7 Å². The number of aliphatic hydroxyl groups is 1. The van der Waals surface area contributed by atoms with Crippen LogP contribution in [0.3, 0.4) is 0 Å². The second-order valence-corrected chi connectivity index (χ2v) is 6.80. The van der Waals surface area contributed by atoms with Gasteiger partial charge in [0.05, 0.1) is 13.2 Å². The third kappa shape index (κ3) is 4.32. The van der Waals surface area contributed by atoms with Gasteiger partial charge in [-0.1, -0.05) is 6.07 Å². The second kappa shape index (κ2) is 8.05. The summed E-state index contributed by atoms with van der Waals surface area (Å²) in [6, 6.07) is 6.60. The number of carbonyl (C=O) groups is 1. The molecule has 1 aromatic carbocycles. The lowest BCUT2D eigenvalue weighted by molar-refractivity contribution is -0.117. The average Bonchev–Trinajstić information content (AvgIpc) is 3.17. The minimum Gasteiger partial charge on any atom is -0.395 e. The summed E-state index contributed by atoms with van der Waals surface area (Å²) < 4.78 is 13.2. The van der Waals surface area contributed by atoms with E-state index < -0.39 is 0 Å². The van der Waals surface area contributed by atoms with E-state index in [1.807, 2.05) is 0 Å². The van der Waals surface area contributed by atoms with E-state index >= 15 is 0 Å². The quantitative estimate of drug-likeness (QED) is 0.831. The highest BCUT2D eigenvalue weighted by molar-refractivity contribution is 5.92. The van der Waals surface area contributed by atoms with Crippen LogP contribution in [0.15, 0.2) is 24.3 Å². The number of hydrogen-bond acceptors (Lipinski definition) is 4. The van der Waals surface area contributed by atoms with Gasteiger partial charge in [0, 0.05) is 24.3 Å². The molecule has 0 saturated carbocycles. The zero-order valence-corrected chi connectivity index (χ0v) is 14.0. The molecule has 132 valence electrons. The van der Waals surface area contributed by atoms with Crippen molar-refractivity contribution in [2.45, 2.75) is 37.8 Å². The molecule has 2 aliphatic heterocycles. The molecular formula is C18H26FN3O2. The third-order valence-electron chi connectivity index (χ3n) is 5.11. The minimum absolute atomic E-state index is 0.104. The van der Waals surface area contributed by atoms with Crippen molar-refractivity contribution < 1.29 is 14.3 Å². The normalized spacial score (nSPS) is 25.2. The molecule has 2 unspecified atom stereocenters. The summed E-state index contributed by atoms with van der Waals surface area (Å²) in [7, 11) is 0. The number of anilines is 1. The van der Waals surface area contributed by atoms with Crippen molar-refractivity contribution >= 4 is 11.6 Å². The van der Waals surface area contributed by atoms with Crippen LogP contribution < -0.4 is 5.32 Å². The molecular weight excluding hydrogens is 309 g/mol. The molecule has 24 heavy (non-hydrogen) atoms. The van der Waals surface area contributed by atoms with Crippen molar-refractivity contribution in [3.63, 3.8) is 0 Å². The Morgan fingerprint density at radius 2 is 1.96 bits per heavy atom. The summed E-state index contributed by atoms with van der Waals surface area (Å²) in [5, 5.41) is 12.2. The van der Waals surface area contributed by atoms with Gasteiger partial charge in [-0.25, -0.2) is 4.39 Å². The van der Waals surface area contributed by atoms with Crippen molar-refractivity contribution in [1.29, 1.82) is 0 Å². The Kier molecular flexibility index (Phi) is 5.81. The number of benzene rings is 1. The van der Waals surface area contributed by atoms with Gasteiger partial charge in [-0.05, 0) is 57.0 Å². The summed E-state index contributed by atoms with van der Waals surface area (Å²) in [6.45, 7) is 3.41. The van der Waals surface area contributed by atoms with E-state index in [1.54, 1.807) is 12.1 Å². The van der Waals surface area contributed by atoms with Crippen LogP contribution in [0.4, 0.5) is 10.1 Å². The summed E-state index contributed by atoms with van der Waals surface area (Å²) in [5.41, 5.74) is 0.496. The maximum Gasteiger partial charge on any atom is 0.238 e. The lowest BCUT2D eigenvalue weighted by Crippen LogP contribution is -2.45. The first kappa shape index (κ1) is 17.3.